The Hall–Kier alpha value is -2.62. The van der Waals surface area contributed by atoms with Crippen molar-refractivity contribution in [3.05, 3.63) is 54.4 Å². The molecule has 2 aliphatic rings. The third-order valence-electron chi connectivity index (χ3n) is 5.04. The highest BCUT2D eigenvalue weighted by molar-refractivity contribution is 5.78. The zero-order valence-electron chi connectivity index (χ0n) is 14.1. The lowest BCUT2D eigenvalue weighted by molar-refractivity contribution is 0.691. The highest BCUT2D eigenvalue weighted by atomic mass is 15.4. The molecule has 0 N–H and O–H groups in total. The third kappa shape index (κ3) is 2.21. The van der Waals surface area contributed by atoms with Crippen molar-refractivity contribution in [3.8, 4) is 0 Å². The number of hydrogen-bond donors (Lipinski definition) is 0. The lowest BCUT2D eigenvalue weighted by Gasteiger charge is -2.36. The van der Waals surface area contributed by atoms with Crippen molar-refractivity contribution in [2.45, 2.75) is 25.8 Å². The van der Waals surface area contributed by atoms with Crippen LogP contribution in [-0.4, -0.2) is 29.1 Å². The number of nitrogens with zero attached hydrogens (tertiary/aromatic N) is 4. The summed E-state index contributed by atoms with van der Waals surface area (Å²) in [7, 11) is 0. The monoisotopic (exact) mass is 318 g/mol. The van der Waals surface area contributed by atoms with Crippen molar-refractivity contribution in [1.29, 1.82) is 0 Å². The summed E-state index contributed by atoms with van der Waals surface area (Å²) < 4.78 is 0. The van der Waals surface area contributed by atoms with Gasteiger partial charge in [0.1, 0.15) is 5.82 Å². The van der Waals surface area contributed by atoms with Gasteiger partial charge in [0.05, 0.1) is 17.4 Å². The van der Waals surface area contributed by atoms with Gasteiger partial charge in [-0.25, -0.2) is 9.97 Å². The van der Waals surface area contributed by atoms with Gasteiger partial charge in [-0.3, -0.25) is 0 Å². The number of rotatable bonds is 4. The third-order valence-corrected chi connectivity index (χ3v) is 5.04. The maximum Gasteiger partial charge on any atom is 0.158 e. The zero-order chi connectivity index (χ0) is 16.7. The number of pyridine rings is 2. The summed E-state index contributed by atoms with van der Waals surface area (Å²) in [5.41, 5.74) is 4.47. The molecule has 2 bridgehead atoms. The summed E-state index contributed by atoms with van der Waals surface area (Å²) in [6.45, 7) is 12.1. The highest BCUT2D eigenvalue weighted by Gasteiger charge is 2.38. The molecule has 0 amide bonds. The van der Waals surface area contributed by atoms with Gasteiger partial charge in [0.25, 0.3) is 0 Å². The highest BCUT2D eigenvalue weighted by Crippen LogP contribution is 2.42. The van der Waals surface area contributed by atoms with Gasteiger partial charge >= 0.3 is 0 Å². The molecule has 1 saturated heterocycles. The second-order valence-electron chi connectivity index (χ2n) is 6.34. The average molecular weight is 318 g/mol. The van der Waals surface area contributed by atoms with Crippen LogP contribution in [0.5, 0.6) is 0 Å². The van der Waals surface area contributed by atoms with Crippen LogP contribution in [0.15, 0.2) is 37.6 Å². The maximum atomic E-state index is 4.83. The molecule has 4 nitrogen and oxygen atoms in total. The first-order valence-corrected chi connectivity index (χ1v) is 8.54. The second kappa shape index (κ2) is 5.78. The molecule has 2 aliphatic heterocycles. The largest absolute Gasteiger partial charge is 0.366 e. The Balaban J connectivity index is 1.87. The summed E-state index contributed by atoms with van der Waals surface area (Å²) in [6, 6.07) is 6.75. The lowest BCUT2D eigenvalue weighted by Crippen LogP contribution is -2.40. The normalized spacial score (nSPS) is 18.5. The van der Waals surface area contributed by atoms with Crippen molar-refractivity contribution >= 4 is 29.5 Å². The van der Waals surface area contributed by atoms with Gasteiger partial charge in [0.15, 0.2) is 5.82 Å². The Kier molecular flexibility index (Phi) is 3.60. The van der Waals surface area contributed by atoms with Crippen molar-refractivity contribution in [1.82, 2.24) is 9.97 Å². The van der Waals surface area contributed by atoms with E-state index in [1.54, 1.807) is 6.08 Å². The first-order valence-electron chi connectivity index (χ1n) is 8.54. The molecule has 1 atom stereocenters. The van der Waals surface area contributed by atoms with E-state index in [9.17, 15) is 0 Å². The minimum Gasteiger partial charge on any atom is -0.366 e. The van der Waals surface area contributed by atoms with E-state index in [1.807, 2.05) is 18.3 Å². The van der Waals surface area contributed by atoms with Gasteiger partial charge in [-0.15, -0.1) is 0 Å². The number of fused-ring (bicyclic) bond motifs is 4. The van der Waals surface area contributed by atoms with Crippen LogP contribution in [-0.2, 0) is 6.42 Å². The van der Waals surface area contributed by atoms with E-state index >= 15 is 0 Å². The van der Waals surface area contributed by atoms with E-state index in [-0.39, 0.29) is 0 Å². The van der Waals surface area contributed by atoms with E-state index in [4.69, 9.17) is 9.97 Å². The van der Waals surface area contributed by atoms with Crippen molar-refractivity contribution in [3.63, 3.8) is 0 Å². The molecular weight excluding hydrogens is 296 g/mol. The number of aryl methyl sites for hydroxylation is 1. The first-order chi connectivity index (χ1) is 11.7. The molecule has 122 valence electrons. The van der Waals surface area contributed by atoms with Crippen molar-refractivity contribution in [2.24, 2.45) is 0 Å². The smallest absolute Gasteiger partial charge is 0.158 e. The van der Waals surface area contributed by atoms with Gasteiger partial charge in [-0.2, -0.15) is 0 Å². The van der Waals surface area contributed by atoms with Gasteiger partial charge in [-0.1, -0.05) is 26.2 Å². The predicted molar refractivity (Wildman–Crippen MR) is 101 cm³/mol. The van der Waals surface area contributed by atoms with E-state index in [1.165, 1.54) is 11.3 Å². The van der Waals surface area contributed by atoms with Gasteiger partial charge < -0.3 is 9.80 Å². The van der Waals surface area contributed by atoms with E-state index in [0.29, 0.717) is 6.04 Å². The van der Waals surface area contributed by atoms with Gasteiger partial charge in [0.2, 0.25) is 0 Å². The molecule has 0 saturated carbocycles. The van der Waals surface area contributed by atoms with Crippen LogP contribution in [0.4, 0.5) is 17.3 Å². The van der Waals surface area contributed by atoms with E-state index in [0.717, 1.165) is 48.8 Å². The molecule has 0 aromatic carbocycles. The Bertz CT molecular complexity index is 811. The second-order valence-corrected chi connectivity index (χ2v) is 6.34. The summed E-state index contributed by atoms with van der Waals surface area (Å²) in [5.74, 6) is 1.96. The molecule has 1 unspecified atom stereocenters. The summed E-state index contributed by atoms with van der Waals surface area (Å²) in [4.78, 5) is 14.3. The molecule has 4 heterocycles. The van der Waals surface area contributed by atoms with Gasteiger partial charge in [-0.05, 0) is 48.2 Å². The van der Waals surface area contributed by atoms with Crippen molar-refractivity contribution in [2.75, 3.05) is 22.9 Å². The SMILES string of the molecule is C=Cc1ccc2c(n1)N(c1cc(C=C)c(CC)cn1)C1CCN2C1. The fourth-order valence-corrected chi connectivity index (χ4v) is 3.74. The summed E-state index contributed by atoms with van der Waals surface area (Å²) in [5, 5.41) is 0. The quantitative estimate of drug-likeness (QED) is 0.851. The molecule has 0 aliphatic carbocycles. The molecular formula is C20H22N4. The molecule has 4 rings (SSSR count). The first kappa shape index (κ1) is 14.9. The molecule has 24 heavy (non-hydrogen) atoms. The van der Waals surface area contributed by atoms with Crippen LogP contribution in [0.25, 0.3) is 12.2 Å². The molecule has 0 spiro atoms. The Morgan fingerprint density at radius 1 is 1.29 bits per heavy atom. The van der Waals surface area contributed by atoms with Crippen LogP contribution in [0.2, 0.25) is 0 Å². The Morgan fingerprint density at radius 3 is 2.92 bits per heavy atom. The fourth-order valence-electron chi connectivity index (χ4n) is 3.74. The Morgan fingerprint density at radius 2 is 2.17 bits per heavy atom. The van der Waals surface area contributed by atoms with Crippen molar-refractivity contribution < 1.29 is 0 Å². The van der Waals surface area contributed by atoms with Crippen LogP contribution < -0.4 is 9.80 Å². The molecule has 0 radical (unpaired) electrons. The summed E-state index contributed by atoms with van der Waals surface area (Å²) in [6.07, 6.45) is 7.78. The fraction of sp³-hybridized carbons (Fsp3) is 0.300. The maximum absolute atomic E-state index is 4.83. The minimum atomic E-state index is 0.419. The van der Waals surface area contributed by atoms with Crippen LogP contribution in [0, 0.1) is 0 Å². The number of aromatic nitrogens is 2. The average Bonchev–Trinajstić information content (AvgIpc) is 3.05. The zero-order valence-corrected chi connectivity index (χ0v) is 14.1. The molecule has 2 aromatic rings. The van der Waals surface area contributed by atoms with Crippen LogP contribution in [0.3, 0.4) is 0 Å². The van der Waals surface area contributed by atoms with Gasteiger partial charge in [0, 0.05) is 19.3 Å². The molecule has 4 heteroatoms. The molecule has 1 fully saturated rings. The number of anilines is 3. The van der Waals surface area contributed by atoms with E-state index in [2.05, 4.69) is 42.0 Å². The number of hydrogen-bond acceptors (Lipinski definition) is 4. The van der Waals surface area contributed by atoms with E-state index < -0.39 is 0 Å². The lowest BCUT2D eigenvalue weighted by atomic mass is 10.1. The standard InChI is InChI=1S/C20H22N4/c1-4-14-11-19(21-12-15(14)5-2)24-17-9-10-23(13-17)18-8-7-16(6-3)22-20(18)24/h4,6-8,11-12,17H,1,3,5,9-10,13H2,2H3. The topological polar surface area (TPSA) is 32.3 Å². The van der Waals surface area contributed by atoms with Crippen LogP contribution >= 0.6 is 0 Å². The minimum absolute atomic E-state index is 0.419. The Labute approximate surface area is 143 Å². The summed E-state index contributed by atoms with van der Waals surface area (Å²) >= 11 is 0. The van der Waals surface area contributed by atoms with Crippen LogP contribution in [0.1, 0.15) is 30.2 Å². The predicted octanol–water partition coefficient (Wildman–Crippen LogP) is 4.06. The molecule has 2 aromatic heterocycles.